The molecule has 0 atom stereocenters. The molecule has 1 aliphatic rings. The van der Waals surface area contributed by atoms with Gasteiger partial charge in [0.2, 0.25) is 0 Å². The quantitative estimate of drug-likeness (QED) is 0.619. The molecule has 31 heavy (non-hydrogen) atoms. The zero-order chi connectivity index (χ0) is 21.8. The van der Waals surface area contributed by atoms with Gasteiger partial charge in [-0.25, -0.2) is 0 Å². The van der Waals surface area contributed by atoms with Gasteiger partial charge in [-0.15, -0.1) is 0 Å². The molecular weight excluding hydrogens is 412 g/mol. The third-order valence-electron chi connectivity index (χ3n) is 5.23. The van der Waals surface area contributed by atoms with E-state index in [0.717, 1.165) is 28.8 Å². The number of halogens is 1. The maximum Gasteiger partial charge on any atom is 0.258 e. The Morgan fingerprint density at radius 1 is 1.06 bits per heavy atom. The molecule has 2 amide bonds. The van der Waals surface area contributed by atoms with Gasteiger partial charge in [-0.05, 0) is 66.9 Å². The van der Waals surface area contributed by atoms with E-state index in [1.807, 2.05) is 54.3 Å². The van der Waals surface area contributed by atoms with Crippen molar-refractivity contribution in [3.63, 3.8) is 0 Å². The van der Waals surface area contributed by atoms with Crippen molar-refractivity contribution in [1.29, 1.82) is 0 Å². The highest BCUT2D eigenvalue weighted by Crippen LogP contribution is 2.30. The zero-order valence-electron chi connectivity index (χ0n) is 17.2. The van der Waals surface area contributed by atoms with Crippen LogP contribution in [0.15, 0.2) is 66.7 Å². The number of amides is 2. The molecule has 0 aliphatic carbocycles. The molecular formula is C25H23ClN2O3. The number of carbonyl (C=O) groups excluding carboxylic acids is 2. The van der Waals surface area contributed by atoms with E-state index < -0.39 is 0 Å². The number of aryl methyl sites for hydroxylation is 1. The van der Waals surface area contributed by atoms with Gasteiger partial charge in [0, 0.05) is 29.4 Å². The predicted molar refractivity (Wildman–Crippen MR) is 122 cm³/mol. The van der Waals surface area contributed by atoms with Crippen molar-refractivity contribution in [2.45, 2.75) is 19.9 Å². The highest BCUT2D eigenvalue weighted by molar-refractivity contribution is 6.30. The number of hydrogen-bond acceptors (Lipinski definition) is 3. The van der Waals surface area contributed by atoms with E-state index in [1.165, 1.54) is 0 Å². The molecule has 158 valence electrons. The van der Waals surface area contributed by atoms with Crippen LogP contribution in [0, 0.1) is 6.92 Å². The molecule has 3 aromatic carbocycles. The summed E-state index contributed by atoms with van der Waals surface area (Å²) in [6.07, 6.45) is 0.828. The van der Waals surface area contributed by atoms with E-state index >= 15 is 0 Å². The number of nitrogens with one attached hydrogen (secondary N) is 1. The number of rotatable bonds is 6. The smallest absolute Gasteiger partial charge is 0.258 e. The Labute approximate surface area is 186 Å². The number of fused-ring (bicyclic) bond motifs is 1. The first-order chi connectivity index (χ1) is 15.0. The Balaban J connectivity index is 1.37. The minimum atomic E-state index is -0.219. The highest BCUT2D eigenvalue weighted by atomic mass is 35.5. The lowest BCUT2D eigenvalue weighted by atomic mass is 10.1. The minimum Gasteiger partial charge on any atom is -0.484 e. The zero-order valence-corrected chi connectivity index (χ0v) is 18.0. The highest BCUT2D eigenvalue weighted by Gasteiger charge is 2.25. The maximum absolute atomic E-state index is 13.0. The maximum atomic E-state index is 13.0. The monoisotopic (exact) mass is 434 g/mol. The Bertz CT molecular complexity index is 1110. The molecule has 1 N–H and O–H groups in total. The van der Waals surface area contributed by atoms with Crippen LogP contribution in [0.25, 0.3) is 0 Å². The Morgan fingerprint density at radius 3 is 2.65 bits per heavy atom. The van der Waals surface area contributed by atoms with Crippen LogP contribution in [-0.2, 0) is 17.8 Å². The molecule has 0 unspecified atom stereocenters. The second-order valence-electron chi connectivity index (χ2n) is 7.56. The fraction of sp³-hybridized carbons (Fsp3) is 0.200. The third kappa shape index (κ3) is 5.06. The molecule has 0 aromatic heterocycles. The standard InChI is InChI=1S/C25H23ClN2O3/c1-17-3-2-4-20(13-17)25(30)28-12-11-19-6-5-18(14-23(19)28)15-27-24(29)16-31-22-9-7-21(26)8-10-22/h2-10,13-14H,11-12,15-16H2,1H3,(H,27,29). The summed E-state index contributed by atoms with van der Waals surface area (Å²) < 4.78 is 5.47. The number of nitrogens with zero attached hydrogens (tertiary/aromatic N) is 1. The van der Waals surface area contributed by atoms with Crippen LogP contribution in [0.3, 0.4) is 0 Å². The summed E-state index contributed by atoms with van der Waals surface area (Å²) in [5.41, 5.74) is 4.73. The molecule has 3 aromatic rings. The molecule has 0 saturated heterocycles. The SMILES string of the molecule is Cc1cccc(C(=O)N2CCc3ccc(CNC(=O)COc4ccc(Cl)cc4)cc32)c1. The van der Waals surface area contributed by atoms with Gasteiger partial charge in [-0.3, -0.25) is 9.59 Å². The van der Waals surface area contributed by atoms with Crippen molar-refractivity contribution >= 4 is 29.1 Å². The molecule has 1 aliphatic heterocycles. The van der Waals surface area contributed by atoms with Gasteiger partial charge in [0.15, 0.2) is 6.61 Å². The first-order valence-electron chi connectivity index (χ1n) is 10.1. The van der Waals surface area contributed by atoms with E-state index in [1.54, 1.807) is 24.3 Å². The molecule has 4 rings (SSSR count). The second-order valence-corrected chi connectivity index (χ2v) is 8.00. The third-order valence-corrected chi connectivity index (χ3v) is 5.48. The fourth-order valence-electron chi connectivity index (χ4n) is 3.61. The van der Waals surface area contributed by atoms with Crippen molar-refractivity contribution in [3.8, 4) is 5.75 Å². The number of ether oxygens (including phenoxy) is 1. The second kappa shape index (κ2) is 9.23. The summed E-state index contributed by atoms with van der Waals surface area (Å²) in [7, 11) is 0. The van der Waals surface area contributed by atoms with Gasteiger partial charge in [0.05, 0.1) is 0 Å². The Hall–Kier alpha value is -3.31. The number of hydrogen-bond donors (Lipinski definition) is 1. The Morgan fingerprint density at radius 2 is 1.87 bits per heavy atom. The van der Waals surface area contributed by atoms with Gasteiger partial charge in [0.1, 0.15) is 5.75 Å². The molecule has 1 heterocycles. The number of carbonyl (C=O) groups is 2. The number of anilines is 1. The van der Waals surface area contributed by atoms with Gasteiger partial charge >= 0.3 is 0 Å². The Kier molecular flexibility index (Phi) is 6.23. The van der Waals surface area contributed by atoms with E-state index in [2.05, 4.69) is 5.32 Å². The molecule has 6 heteroatoms. The first-order valence-corrected chi connectivity index (χ1v) is 10.5. The molecule has 0 bridgehead atoms. The topological polar surface area (TPSA) is 58.6 Å². The predicted octanol–water partition coefficient (Wildman–Crippen LogP) is 4.55. The summed E-state index contributed by atoms with van der Waals surface area (Å²) in [6.45, 7) is 2.92. The number of benzene rings is 3. The van der Waals surface area contributed by atoms with Gasteiger partial charge in [-0.1, -0.05) is 41.4 Å². The van der Waals surface area contributed by atoms with Crippen LogP contribution in [0.4, 0.5) is 5.69 Å². The van der Waals surface area contributed by atoms with Crippen LogP contribution in [-0.4, -0.2) is 25.0 Å². The first kappa shape index (κ1) is 20.9. The molecule has 0 fully saturated rings. The summed E-state index contributed by atoms with van der Waals surface area (Å²) in [6, 6.07) is 20.5. The minimum absolute atomic E-state index is 0.0000000702. The largest absolute Gasteiger partial charge is 0.484 e. The molecule has 5 nitrogen and oxygen atoms in total. The van der Waals surface area contributed by atoms with E-state index in [4.69, 9.17) is 16.3 Å². The van der Waals surface area contributed by atoms with Crippen molar-refractivity contribution in [1.82, 2.24) is 5.32 Å². The van der Waals surface area contributed by atoms with Crippen LogP contribution in [0.2, 0.25) is 5.02 Å². The lowest BCUT2D eigenvalue weighted by molar-refractivity contribution is -0.123. The molecule has 0 saturated carbocycles. The average Bonchev–Trinajstić information content (AvgIpc) is 3.20. The van der Waals surface area contributed by atoms with Crippen LogP contribution >= 0.6 is 11.6 Å². The van der Waals surface area contributed by atoms with E-state index in [-0.39, 0.29) is 18.4 Å². The van der Waals surface area contributed by atoms with Crippen LogP contribution in [0.5, 0.6) is 5.75 Å². The lowest BCUT2D eigenvalue weighted by Gasteiger charge is -2.18. The summed E-state index contributed by atoms with van der Waals surface area (Å²) in [5.74, 6) is 0.366. The fourth-order valence-corrected chi connectivity index (χ4v) is 3.74. The van der Waals surface area contributed by atoms with Gasteiger partial charge < -0.3 is 15.0 Å². The molecule has 0 radical (unpaired) electrons. The van der Waals surface area contributed by atoms with E-state index in [0.29, 0.717) is 29.4 Å². The summed E-state index contributed by atoms with van der Waals surface area (Å²) >= 11 is 5.84. The van der Waals surface area contributed by atoms with Crippen molar-refractivity contribution in [2.24, 2.45) is 0 Å². The van der Waals surface area contributed by atoms with Gasteiger partial charge in [0.25, 0.3) is 11.8 Å². The van der Waals surface area contributed by atoms with Crippen molar-refractivity contribution in [3.05, 3.63) is 94.0 Å². The lowest BCUT2D eigenvalue weighted by Crippen LogP contribution is -2.29. The van der Waals surface area contributed by atoms with Gasteiger partial charge in [-0.2, -0.15) is 0 Å². The van der Waals surface area contributed by atoms with Crippen LogP contribution < -0.4 is 15.0 Å². The van der Waals surface area contributed by atoms with Crippen molar-refractivity contribution < 1.29 is 14.3 Å². The van der Waals surface area contributed by atoms with E-state index in [9.17, 15) is 9.59 Å². The molecule has 0 spiro atoms. The van der Waals surface area contributed by atoms with Crippen LogP contribution in [0.1, 0.15) is 27.0 Å². The summed E-state index contributed by atoms with van der Waals surface area (Å²) in [5, 5.41) is 3.48. The average molecular weight is 435 g/mol. The van der Waals surface area contributed by atoms with Crippen molar-refractivity contribution in [2.75, 3.05) is 18.1 Å². The summed E-state index contributed by atoms with van der Waals surface area (Å²) in [4.78, 5) is 27.0. The normalized spacial score (nSPS) is 12.4.